The van der Waals surface area contributed by atoms with Gasteiger partial charge in [0.25, 0.3) is 0 Å². The van der Waals surface area contributed by atoms with Gasteiger partial charge in [-0.3, -0.25) is 0 Å². The highest BCUT2D eigenvalue weighted by Gasteiger charge is 2.34. The van der Waals surface area contributed by atoms with Gasteiger partial charge in [0.1, 0.15) is 5.75 Å². The van der Waals surface area contributed by atoms with Crippen molar-refractivity contribution in [3.05, 3.63) is 29.3 Å². The molecule has 2 aliphatic rings. The van der Waals surface area contributed by atoms with E-state index in [4.69, 9.17) is 11.6 Å². The Morgan fingerprint density at radius 1 is 1.43 bits per heavy atom. The third-order valence-electron chi connectivity index (χ3n) is 4.91. The minimum Gasteiger partial charge on any atom is -0.507 e. The van der Waals surface area contributed by atoms with Crippen molar-refractivity contribution in [2.75, 3.05) is 30.4 Å². The van der Waals surface area contributed by atoms with Crippen molar-refractivity contribution in [1.29, 1.82) is 0 Å². The summed E-state index contributed by atoms with van der Waals surface area (Å²) in [6.07, 6.45) is 1.01. The normalized spacial score (nSPS) is 21.3. The average Bonchev–Trinajstić information content (AvgIpc) is 3.04. The maximum absolute atomic E-state index is 10.4. The van der Waals surface area contributed by atoms with Crippen LogP contribution in [0.1, 0.15) is 24.0 Å². The first kappa shape index (κ1) is 13.1. The number of phenols is 1. The quantitative estimate of drug-likeness (QED) is 0.789. The van der Waals surface area contributed by atoms with E-state index < -0.39 is 0 Å². The first-order chi connectivity index (χ1) is 10.1. The predicted molar refractivity (Wildman–Crippen MR) is 89.1 cm³/mol. The van der Waals surface area contributed by atoms with Gasteiger partial charge < -0.3 is 15.3 Å². The molecule has 3 nitrogen and oxygen atoms in total. The second-order valence-corrected chi connectivity index (χ2v) is 6.87. The molecule has 0 saturated carbocycles. The van der Waals surface area contributed by atoms with Crippen LogP contribution in [0.4, 0.5) is 11.4 Å². The Hall–Kier alpha value is -1.61. The monoisotopic (exact) mass is 302 g/mol. The molecule has 2 heterocycles. The molecule has 0 fully saturated rings. The molecule has 0 radical (unpaired) electrons. The van der Waals surface area contributed by atoms with Crippen LogP contribution in [0, 0.1) is 0 Å². The number of likely N-dealkylation sites (N-methyl/N-ethyl adjacent to an activating group) is 1. The van der Waals surface area contributed by atoms with Gasteiger partial charge in [-0.1, -0.05) is 0 Å². The van der Waals surface area contributed by atoms with Gasteiger partial charge in [-0.05, 0) is 42.0 Å². The van der Waals surface area contributed by atoms with Gasteiger partial charge in [0.15, 0.2) is 0 Å². The highest BCUT2D eigenvalue weighted by atomic mass is 35.5. The number of rotatable bonds is 1. The van der Waals surface area contributed by atoms with Crippen molar-refractivity contribution in [2.24, 2.45) is 0 Å². The van der Waals surface area contributed by atoms with Crippen LogP contribution in [0.2, 0.25) is 0 Å². The maximum atomic E-state index is 10.4. The highest BCUT2D eigenvalue weighted by molar-refractivity contribution is 6.21. The molecule has 110 valence electrons. The summed E-state index contributed by atoms with van der Waals surface area (Å²) in [6.45, 7) is 3.95. The molecule has 0 aliphatic carbocycles. The lowest BCUT2D eigenvalue weighted by Crippen LogP contribution is -2.19. The summed E-state index contributed by atoms with van der Waals surface area (Å²) in [6, 6.07) is 6.00. The van der Waals surface area contributed by atoms with Gasteiger partial charge in [0.05, 0.1) is 0 Å². The zero-order chi connectivity index (χ0) is 14.7. The van der Waals surface area contributed by atoms with Gasteiger partial charge >= 0.3 is 0 Å². The number of nitrogens with zero attached hydrogens (tertiary/aromatic N) is 1. The van der Waals surface area contributed by atoms with Crippen LogP contribution in [-0.2, 0) is 6.42 Å². The van der Waals surface area contributed by atoms with Crippen molar-refractivity contribution in [3.63, 3.8) is 0 Å². The molecule has 2 aliphatic heterocycles. The standard InChI is InChI=1S/C17H19ClN2O/c1-9(18)12-8-20(2)14-7-15(21)11-3-4-13-10(5-6-19-13)16(11)17(12)14/h3-4,7,9,12,19,21H,5-6,8H2,1-2H3/t9-,12+/m1/s1. The summed E-state index contributed by atoms with van der Waals surface area (Å²) in [5.41, 5.74) is 4.97. The molecule has 4 heteroatoms. The van der Waals surface area contributed by atoms with E-state index in [-0.39, 0.29) is 5.38 Å². The zero-order valence-corrected chi connectivity index (χ0v) is 13.0. The van der Waals surface area contributed by atoms with Gasteiger partial charge in [-0.25, -0.2) is 0 Å². The minimum absolute atomic E-state index is 0.0756. The Labute approximate surface area is 129 Å². The predicted octanol–water partition coefficient (Wildman–Crippen LogP) is 3.67. The van der Waals surface area contributed by atoms with E-state index >= 15 is 0 Å². The largest absolute Gasteiger partial charge is 0.507 e. The topological polar surface area (TPSA) is 35.5 Å². The van der Waals surface area contributed by atoms with Crippen LogP contribution < -0.4 is 10.2 Å². The number of aromatic hydroxyl groups is 1. The molecule has 0 amide bonds. The Kier molecular flexibility index (Phi) is 2.77. The summed E-state index contributed by atoms with van der Waals surface area (Å²) < 4.78 is 0. The lowest BCUT2D eigenvalue weighted by atomic mass is 9.89. The fourth-order valence-corrected chi connectivity index (χ4v) is 4.09. The van der Waals surface area contributed by atoms with E-state index in [9.17, 15) is 5.11 Å². The number of alkyl halides is 1. The summed E-state index contributed by atoms with van der Waals surface area (Å²) in [4.78, 5) is 2.21. The van der Waals surface area contributed by atoms with Gasteiger partial charge in [-0.15, -0.1) is 11.6 Å². The number of hydrogen-bond donors (Lipinski definition) is 2. The fraction of sp³-hybridized carbons (Fsp3) is 0.412. The van der Waals surface area contributed by atoms with Crippen molar-refractivity contribution in [2.45, 2.75) is 24.6 Å². The lowest BCUT2D eigenvalue weighted by Gasteiger charge is -2.17. The van der Waals surface area contributed by atoms with Crippen LogP contribution >= 0.6 is 11.6 Å². The van der Waals surface area contributed by atoms with Crippen LogP contribution in [0.25, 0.3) is 10.8 Å². The van der Waals surface area contributed by atoms with Crippen LogP contribution in [0.3, 0.4) is 0 Å². The summed E-state index contributed by atoms with van der Waals surface area (Å²) in [7, 11) is 2.07. The number of benzene rings is 2. The van der Waals surface area contributed by atoms with Crippen molar-refractivity contribution in [3.8, 4) is 5.75 Å². The molecule has 2 aromatic rings. The minimum atomic E-state index is 0.0756. The third-order valence-corrected chi connectivity index (χ3v) is 5.21. The molecule has 0 unspecified atom stereocenters. The molecule has 2 N–H and O–H groups in total. The molecule has 0 saturated heterocycles. The van der Waals surface area contributed by atoms with E-state index in [0.717, 1.165) is 30.6 Å². The molecular weight excluding hydrogens is 284 g/mol. The Morgan fingerprint density at radius 3 is 3.00 bits per heavy atom. The average molecular weight is 303 g/mol. The van der Waals surface area contributed by atoms with Crippen LogP contribution in [0.15, 0.2) is 18.2 Å². The van der Waals surface area contributed by atoms with Gasteiger partial charge in [0, 0.05) is 54.3 Å². The van der Waals surface area contributed by atoms with E-state index in [1.165, 1.54) is 22.2 Å². The molecule has 0 bridgehead atoms. The Morgan fingerprint density at radius 2 is 2.24 bits per heavy atom. The van der Waals surface area contributed by atoms with E-state index in [2.05, 4.69) is 30.3 Å². The number of fused-ring (bicyclic) bond motifs is 5. The SMILES string of the molecule is C[C@@H](Cl)[C@@H]1CN(C)c2cc(O)c3ccc4c(c3c21)CCN4. The lowest BCUT2D eigenvalue weighted by molar-refractivity contribution is 0.481. The summed E-state index contributed by atoms with van der Waals surface area (Å²) in [5.74, 6) is 0.676. The second-order valence-electron chi connectivity index (χ2n) is 6.18. The molecule has 4 rings (SSSR count). The van der Waals surface area contributed by atoms with E-state index in [0.29, 0.717) is 11.7 Å². The second kappa shape index (κ2) is 4.44. The molecule has 0 spiro atoms. The number of halogens is 1. The van der Waals surface area contributed by atoms with E-state index in [1.54, 1.807) is 0 Å². The van der Waals surface area contributed by atoms with Crippen molar-refractivity contribution >= 4 is 33.7 Å². The number of anilines is 2. The molecule has 2 atom stereocenters. The highest BCUT2D eigenvalue weighted by Crippen LogP contribution is 2.49. The first-order valence-electron chi connectivity index (χ1n) is 7.48. The zero-order valence-electron chi connectivity index (χ0n) is 12.3. The smallest absolute Gasteiger partial charge is 0.125 e. The molecule has 0 aromatic heterocycles. The van der Waals surface area contributed by atoms with Crippen LogP contribution in [-0.4, -0.2) is 30.6 Å². The maximum Gasteiger partial charge on any atom is 0.125 e. The van der Waals surface area contributed by atoms with Crippen molar-refractivity contribution in [1.82, 2.24) is 0 Å². The van der Waals surface area contributed by atoms with Gasteiger partial charge in [0.2, 0.25) is 0 Å². The summed E-state index contributed by atoms with van der Waals surface area (Å²) in [5, 5.41) is 16.1. The van der Waals surface area contributed by atoms with Crippen LogP contribution in [0.5, 0.6) is 5.75 Å². The fourth-order valence-electron chi connectivity index (χ4n) is 3.88. The number of phenolic OH excluding ortho intramolecular Hbond substituents is 1. The molecule has 2 aromatic carbocycles. The third kappa shape index (κ3) is 1.73. The molecular formula is C17H19ClN2O. The van der Waals surface area contributed by atoms with E-state index in [1.807, 2.05) is 12.1 Å². The Bertz CT molecular complexity index is 741. The van der Waals surface area contributed by atoms with Crippen molar-refractivity contribution < 1.29 is 5.11 Å². The number of nitrogens with one attached hydrogen (secondary N) is 1. The Balaban J connectivity index is 2.12. The number of hydrogen-bond acceptors (Lipinski definition) is 3. The first-order valence-corrected chi connectivity index (χ1v) is 7.92. The molecule has 21 heavy (non-hydrogen) atoms. The summed E-state index contributed by atoms with van der Waals surface area (Å²) >= 11 is 6.46. The van der Waals surface area contributed by atoms with Gasteiger partial charge in [-0.2, -0.15) is 0 Å².